The molecule has 0 saturated carbocycles. The molecule has 0 atom stereocenters. The van der Waals surface area contributed by atoms with Crippen LogP contribution in [0.25, 0.3) is 0 Å². The Balaban J connectivity index is 2.79. The summed E-state index contributed by atoms with van der Waals surface area (Å²) in [5, 5.41) is 17.6. The van der Waals surface area contributed by atoms with Gasteiger partial charge in [0.1, 0.15) is 11.4 Å². The predicted molar refractivity (Wildman–Crippen MR) is 88.1 cm³/mol. The van der Waals surface area contributed by atoms with Crippen LogP contribution in [0.15, 0.2) is 18.2 Å². The first-order valence-corrected chi connectivity index (χ1v) is 7.42. The molecule has 1 aromatic rings. The van der Waals surface area contributed by atoms with E-state index in [1.165, 1.54) is 0 Å². The fourth-order valence-corrected chi connectivity index (χ4v) is 1.91. The van der Waals surface area contributed by atoms with E-state index in [9.17, 15) is 10.1 Å². The van der Waals surface area contributed by atoms with Crippen LogP contribution in [0.5, 0.6) is 0 Å². The molecule has 0 heterocycles. The van der Waals surface area contributed by atoms with Crippen molar-refractivity contribution >= 4 is 17.1 Å². The highest BCUT2D eigenvalue weighted by Crippen LogP contribution is 2.32. The van der Waals surface area contributed by atoms with E-state index in [4.69, 9.17) is 0 Å². The lowest BCUT2D eigenvalue weighted by atomic mass is 10.2. The van der Waals surface area contributed by atoms with Gasteiger partial charge in [0.2, 0.25) is 0 Å². The van der Waals surface area contributed by atoms with Crippen molar-refractivity contribution in [1.29, 1.82) is 0 Å². The Labute approximate surface area is 126 Å². The summed E-state index contributed by atoms with van der Waals surface area (Å²) in [6.45, 7) is 8.51. The Bertz CT molecular complexity index is 463. The Morgan fingerprint density at radius 3 is 2.29 bits per heavy atom. The van der Waals surface area contributed by atoms with E-state index in [1.54, 1.807) is 12.1 Å². The van der Waals surface area contributed by atoms with Gasteiger partial charge in [0.05, 0.1) is 4.92 Å². The Morgan fingerprint density at radius 2 is 1.81 bits per heavy atom. The van der Waals surface area contributed by atoms with Gasteiger partial charge in [0, 0.05) is 25.7 Å². The Hall–Kier alpha value is -1.82. The van der Waals surface area contributed by atoms with E-state index in [1.807, 2.05) is 20.0 Å². The number of nitrogens with one attached hydrogen (secondary N) is 2. The molecule has 0 radical (unpaired) electrons. The highest BCUT2D eigenvalue weighted by molar-refractivity contribution is 5.76. The molecule has 118 valence electrons. The Kier molecular flexibility index (Phi) is 6.94. The molecule has 1 rings (SSSR count). The van der Waals surface area contributed by atoms with Gasteiger partial charge in [-0.05, 0) is 39.4 Å². The number of likely N-dealkylation sites (N-methyl/N-ethyl adjacent to an activating group) is 1. The van der Waals surface area contributed by atoms with Crippen molar-refractivity contribution in [2.45, 2.75) is 33.2 Å². The first kappa shape index (κ1) is 17.2. The smallest absolute Gasteiger partial charge is 0.315 e. The molecule has 2 N–H and O–H groups in total. The first-order chi connectivity index (χ1) is 9.97. The number of nitro benzene ring substituents is 1. The Morgan fingerprint density at radius 1 is 1.24 bits per heavy atom. The zero-order valence-electron chi connectivity index (χ0n) is 13.3. The summed E-state index contributed by atoms with van der Waals surface area (Å²) in [6.07, 6.45) is 0.925. The zero-order valence-corrected chi connectivity index (χ0v) is 13.3. The average Bonchev–Trinajstić information content (AvgIpc) is 2.44. The van der Waals surface area contributed by atoms with Gasteiger partial charge in [-0.25, -0.2) is 0 Å². The molecule has 6 heteroatoms. The first-order valence-electron chi connectivity index (χ1n) is 7.42. The molecule has 0 amide bonds. The molecule has 0 unspecified atom stereocenters. The third-order valence-electron chi connectivity index (χ3n) is 3.45. The lowest BCUT2D eigenvalue weighted by molar-refractivity contribution is -0.383. The summed E-state index contributed by atoms with van der Waals surface area (Å²) in [6, 6.07) is 5.79. The monoisotopic (exact) mass is 294 g/mol. The summed E-state index contributed by atoms with van der Waals surface area (Å²) in [4.78, 5) is 13.2. The normalized spacial score (nSPS) is 11.0. The van der Waals surface area contributed by atoms with Crippen molar-refractivity contribution in [3.8, 4) is 0 Å². The van der Waals surface area contributed by atoms with E-state index >= 15 is 0 Å². The minimum absolute atomic E-state index is 0.123. The zero-order chi connectivity index (χ0) is 15.8. The minimum Gasteiger partial charge on any atom is -0.379 e. The van der Waals surface area contributed by atoms with Gasteiger partial charge in [-0.15, -0.1) is 0 Å². The van der Waals surface area contributed by atoms with Gasteiger partial charge in [-0.3, -0.25) is 10.1 Å². The molecule has 0 aliphatic rings. The lowest BCUT2D eigenvalue weighted by Gasteiger charge is -2.21. The maximum atomic E-state index is 11.3. The number of nitrogens with zero attached hydrogens (tertiary/aromatic N) is 2. The number of benzene rings is 1. The van der Waals surface area contributed by atoms with Crippen molar-refractivity contribution in [1.82, 2.24) is 4.90 Å². The standard InChI is InChI=1S/C15H26N4O2/c1-5-9-16-13-7-6-8-14(15(13)19(20)21)17-10-11-18(4)12(2)3/h6-8,12,16-17H,5,9-11H2,1-4H3. The van der Waals surface area contributed by atoms with E-state index in [-0.39, 0.29) is 10.6 Å². The molecule has 0 aliphatic carbocycles. The van der Waals surface area contributed by atoms with E-state index < -0.39 is 0 Å². The van der Waals surface area contributed by atoms with Gasteiger partial charge in [0.25, 0.3) is 0 Å². The number of hydrogen-bond acceptors (Lipinski definition) is 5. The predicted octanol–water partition coefficient (Wildman–Crippen LogP) is 3.17. The molecular formula is C15H26N4O2. The topological polar surface area (TPSA) is 70.4 Å². The van der Waals surface area contributed by atoms with Crippen LogP contribution in [0.3, 0.4) is 0 Å². The number of hydrogen-bond donors (Lipinski definition) is 2. The number of nitro groups is 1. The van der Waals surface area contributed by atoms with Crippen LogP contribution >= 0.6 is 0 Å². The van der Waals surface area contributed by atoms with Gasteiger partial charge < -0.3 is 15.5 Å². The van der Waals surface area contributed by atoms with Gasteiger partial charge in [0.15, 0.2) is 0 Å². The van der Waals surface area contributed by atoms with Crippen molar-refractivity contribution in [3.63, 3.8) is 0 Å². The molecule has 0 aromatic heterocycles. The molecular weight excluding hydrogens is 268 g/mol. The van der Waals surface area contributed by atoms with Crippen LogP contribution < -0.4 is 10.6 Å². The van der Waals surface area contributed by atoms with Crippen LogP contribution in [0.2, 0.25) is 0 Å². The fourth-order valence-electron chi connectivity index (χ4n) is 1.91. The molecule has 1 aromatic carbocycles. The second-order valence-electron chi connectivity index (χ2n) is 5.39. The van der Waals surface area contributed by atoms with Gasteiger partial charge >= 0.3 is 5.69 Å². The highest BCUT2D eigenvalue weighted by Gasteiger charge is 2.19. The number of para-hydroxylation sites is 1. The third kappa shape index (κ3) is 5.23. The van der Waals surface area contributed by atoms with E-state index in [2.05, 4.69) is 29.4 Å². The van der Waals surface area contributed by atoms with Crippen LogP contribution in [-0.2, 0) is 0 Å². The van der Waals surface area contributed by atoms with Crippen LogP contribution in [-0.4, -0.2) is 42.5 Å². The van der Waals surface area contributed by atoms with Crippen molar-refractivity contribution in [2.75, 3.05) is 37.3 Å². The fraction of sp³-hybridized carbons (Fsp3) is 0.600. The summed E-state index contributed by atoms with van der Waals surface area (Å²) >= 11 is 0. The third-order valence-corrected chi connectivity index (χ3v) is 3.45. The molecule has 0 aliphatic heterocycles. The van der Waals surface area contributed by atoms with Crippen LogP contribution in [0, 0.1) is 10.1 Å². The van der Waals surface area contributed by atoms with Crippen molar-refractivity contribution in [2.24, 2.45) is 0 Å². The highest BCUT2D eigenvalue weighted by atomic mass is 16.6. The van der Waals surface area contributed by atoms with Crippen LogP contribution in [0.1, 0.15) is 27.2 Å². The molecule has 6 nitrogen and oxygen atoms in total. The SMILES string of the molecule is CCCNc1cccc(NCCN(C)C(C)C)c1[N+](=O)[O-]. The van der Waals surface area contributed by atoms with Crippen LogP contribution in [0.4, 0.5) is 17.1 Å². The molecule has 0 saturated heterocycles. The summed E-state index contributed by atoms with van der Waals surface area (Å²) in [7, 11) is 2.04. The summed E-state index contributed by atoms with van der Waals surface area (Å²) in [5.41, 5.74) is 1.26. The second kappa shape index (κ2) is 8.46. The van der Waals surface area contributed by atoms with Crippen molar-refractivity contribution in [3.05, 3.63) is 28.3 Å². The summed E-state index contributed by atoms with van der Waals surface area (Å²) in [5.74, 6) is 0. The summed E-state index contributed by atoms with van der Waals surface area (Å²) < 4.78 is 0. The number of anilines is 2. The van der Waals surface area contributed by atoms with Gasteiger partial charge in [-0.2, -0.15) is 0 Å². The lowest BCUT2D eigenvalue weighted by Crippen LogP contribution is -2.31. The quantitative estimate of drug-likeness (QED) is 0.541. The molecule has 0 spiro atoms. The minimum atomic E-state index is -0.327. The maximum absolute atomic E-state index is 11.3. The van der Waals surface area contributed by atoms with Gasteiger partial charge in [-0.1, -0.05) is 13.0 Å². The largest absolute Gasteiger partial charge is 0.379 e. The second-order valence-corrected chi connectivity index (χ2v) is 5.39. The maximum Gasteiger partial charge on any atom is 0.315 e. The van der Waals surface area contributed by atoms with E-state index in [0.717, 1.165) is 19.5 Å². The molecule has 21 heavy (non-hydrogen) atoms. The molecule has 0 fully saturated rings. The average molecular weight is 294 g/mol. The van der Waals surface area contributed by atoms with E-state index in [0.29, 0.717) is 24.0 Å². The van der Waals surface area contributed by atoms with Crippen molar-refractivity contribution < 1.29 is 4.92 Å². The molecule has 0 bridgehead atoms. The number of rotatable bonds is 9.